The van der Waals surface area contributed by atoms with E-state index in [1.54, 1.807) is 11.8 Å². The van der Waals surface area contributed by atoms with Crippen molar-refractivity contribution in [3.8, 4) is 11.5 Å². The van der Waals surface area contributed by atoms with Gasteiger partial charge in [-0.05, 0) is 49.2 Å². The Morgan fingerprint density at radius 3 is 2.55 bits per heavy atom. The number of hydrogen-bond donors (Lipinski definition) is 2. The zero-order chi connectivity index (χ0) is 22.4. The van der Waals surface area contributed by atoms with E-state index < -0.39 is 0 Å². The van der Waals surface area contributed by atoms with Crippen LogP contribution in [0.2, 0.25) is 10.2 Å². The number of benzene rings is 2. The Morgan fingerprint density at radius 1 is 1.13 bits per heavy atom. The number of aromatic nitrogens is 2. The normalized spacial score (nSPS) is 12.1. The maximum atomic E-state index is 8.95. The molecule has 0 saturated carbocycles. The quantitative estimate of drug-likeness (QED) is 0.452. The van der Waals surface area contributed by atoms with E-state index in [2.05, 4.69) is 17.3 Å². The smallest absolute Gasteiger partial charge is 0.161 e. The number of aliphatic hydroxyl groups excluding tert-OH is 1. The van der Waals surface area contributed by atoms with E-state index in [0.29, 0.717) is 34.8 Å². The lowest BCUT2D eigenvalue weighted by Gasteiger charge is -2.17. The van der Waals surface area contributed by atoms with Crippen LogP contribution in [0.25, 0.3) is 0 Å². The first-order valence-electron chi connectivity index (χ1n) is 10.0. The lowest BCUT2D eigenvalue weighted by molar-refractivity contribution is 0.196. The van der Waals surface area contributed by atoms with Gasteiger partial charge in [0.1, 0.15) is 11.8 Å². The fraction of sp³-hybridized carbons (Fsp3) is 0.348. The molecule has 8 heteroatoms. The van der Waals surface area contributed by atoms with Gasteiger partial charge in [0.15, 0.2) is 11.5 Å². The summed E-state index contributed by atoms with van der Waals surface area (Å²) in [4.78, 5) is 0. The summed E-state index contributed by atoms with van der Waals surface area (Å²) >= 11 is 12.6. The number of nitrogens with zero attached hydrogens (tertiary/aromatic N) is 2. The van der Waals surface area contributed by atoms with Crippen molar-refractivity contribution in [2.24, 2.45) is 0 Å². The molecule has 0 amide bonds. The molecule has 1 unspecified atom stereocenters. The molecule has 0 spiro atoms. The van der Waals surface area contributed by atoms with Crippen molar-refractivity contribution in [1.29, 1.82) is 0 Å². The summed E-state index contributed by atoms with van der Waals surface area (Å²) in [5.74, 6) is 1.24. The summed E-state index contributed by atoms with van der Waals surface area (Å²) in [6.07, 6.45) is 0. The predicted octanol–water partition coefficient (Wildman–Crippen LogP) is 4.78. The Balaban J connectivity index is 1.68. The van der Waals surface area contributed by atoms with E-state index in [1.165, 1.54) is 0 Å². The van der Waals surface area contributed by atoms with Crippen molar-refractivity contribution in [2.75, 3.05) is 20.3 Å². The van der Waals surface area contributed by atoms with Crippen molar-refractivity contribution >= 4 is 23.2 Å². The lowest BCUT2D eigenvalue weighted by atomic mass is 10.1. The van der Waals surface area contributed by atoms with Gasteiger partial charge in [0.2, 0.25) is 0 Å². The van der Waals surface area contributed by atoms with Gasteiger partial charge in [0.05, 0.1) is 26.0 Å². The summed E-state index contributed by atoms with van der Waals surface area (Å²) in [5, 5.41) is 18.4. The van der Waals surface area contributed by atoms with Gasteiger partial charge in [0, 0.05) is 23.2 Å². The highest BCUT2D eigenvalue weighted by Crippen LogP contribution is 2.31. The highest BCUT2D eigenvalue weighted by Gasteiger charge is 2.16. The maximum absolute atomic E-state index is 8.95. The highest BCUT2D eigenvalue weighted by molar-refractivity contribution is 6.30. The minimum Gasteiger partial charge on any atom is -0.493 e. The Labute approximate surface area is 192 Å². The van der Waals surface area contributed by atoms with E-state index in [0.717, 1.165) is 22.4 Å². The standard InChI is InChI=1S/C23H27Cl2N3O3/c1-15(18-6-9-21(31-11-10-29)22(12-18)30-3)26-13-20-16(2)27-28(23(20)25)14-17-4-7-19(24)8-5-17/h4-9,12,15,26,29H,10-11,13-14H2,1-3H3. The Kier molecular flexibility index (Phi) is 8.21. The molecule has 0 bridgehead atoms. The molecule has 2 N–H and O–H groups in total. The second kappa shape index (κ2) is 10.9. The van der Waals surface area contributed by atoms with Crippen molar-refractivity contribution in [3.63, 3.8) is 0 Å². The number of nitrogens with one attached hydrogen (secondary N) is 1. The SMILES string of the molecule is COc1cc(C(C)NCc2c(C)nn(Cc3ccc(Cl)cc3)c2Cl)ccc1OCCO. The summed E-state index contributed by atoms with van der Waals surface area (Å²) in [6, 6.07) is 13.5. The predicted molar refractivity (Wildman–Crippen MR) is 123 cm³/mol. The van der Waals surface area contributed by atoms with Crippen molar-refractivity contribution in [2.45, 2.75) is 33.0 Å². The van der Waals surface area contributed by atoms with Crippen LogP contribution in [0, 0.1) is 6.92 Å². The van der Waals surface area contributed by atoms with E-state index in [-0.39, 0.29) is 19.3 Å². The molecule has 2 aromatic carbocycles. The summed E-state index contributed by atoms with van der Waals surface area (Å²) in [7, 11) is 1.60. The van der Waals surface area contributed by atoms with Crippen molar-refractivity contribution in [1.82, 2.24) is 15.1 Å². The Hall–Kier alpha value is -2.25. The molecule has 1 heterocycles. The van der Waals surface area contributed by atoms with Crippen LogP contribution in [0.4, 0.5) is 0 Å². The topological polar surface area (TPSA) is 68.5 Å². The molecule has 0 aliphatic rings. The molecule has 0 aliphatic heterocycles. The molecule has 3 aromatic rings. The van der Waals surface area contributed by atoms with Gasteiger partial charge >= 0.3 is 0 Å². The van der Waals surface area contributed by atoms with Gasteiger partial charge in [-0.1, -0.05) is 41.4 Å². The average Bonchev–Trinajstić information content (AvgIpc) is 3.04. The van der Waals surface area contributed by atoms with Crippen molar-refractivity contribution < 1.29 is 14.6 Å². The van der Waals surface area contributed by atoms with Gasteiger partial charge in [-0.3, -0.25) is 0 Å². The molecule has 31 heavy (non-hydrogen) atoms. The second-order valence-electron chi connectivity index (χ2n) is 7.22. The van der Waals surface area contributed by atoms with Crippen LogP contribution < -0.4 is 14.8 Å². The Morgan fingerprint density at radius 2 is 1.87 bits per heavy atom. The minimum absolute atomic E-state index is 0.0469. The number of halogens is 2. The first-order valence-corrected chi connectivity index (χ1v) is 10.8. The third kappa shape index (κ3) is 5.92. The van der Waals surface area contributed by atoms with E-state index in [1.807, 2.05) is 49.4 Å². The van der Waals surface area contributed by atoms with Crippen LogP contribution in [-0.4, -0.2) is 35.2 Å². The summed E-state index contributed by atoms with van der Waals surface area (Å²) in [6.45, 7) is 5.37. The summed E-state index contributed by atoms with van der Waals surface area (Å²) in [5.41, 5.74) is 3.99. The number of methoxy groups -OCH3 is 1. The molecule has 0 fully saturated rings. The molecular weight excluding hydrogens is 437 g/mol. The molecule has 6 nitrogen and oxygen atoms in total. The van der Waals surface area contributed by atoms with Crippen LogP contribution in [0.5, 0.6) is 11.5 Å². The zero-order valence-electron chi connectivity index (χ0n) is 17.9. The van der Waals surface area contributed by atoms with Gasteiger partial charge in [-0.25, -0.2) is 4.68 Å². The molecule has 0 aliphatic carbocycles. The number of aliphatic hydroxyl groups is 1. The molecule has 0 saturated heterocycles. The third-order valence-corrected chi connectivity index (χ3v) is 5.73. The molecular formula is C23H27Cl2N3O3. The Bertz CT molecular complexity index is 1010. The highest BCUT2D eigenvalue weighted by atomic mass is 35.5. The van der Waals surface area contributed by atoms with Crippen LogP contribution in [-0.2, 0) is 13.1 Å². The number of rotatable bonds is 10. The first-order chi connectivity index (χ1) is 14.9. The van der Waals surface area contributed by atoms with Crippen LogP contribution in [0.1, 0.15) is 35.3 Å². The minimum atomic E-state index is -0.0469. The molecule has 1 aromatic heterocycles. The molecule has 0 radical (unpaired) electrons. The lowest BCUT2D eigenvalue weighted by Crippen LogP contribution is -2.18. The van der Waals surface area contributed by atoms with Gasteiger partial charge in [0.25, 0.3) is 0 Å². The van der Waals surface area contributed by atoms with Crippen LogP contribution in [0.3, 0.4) is 0 Å². The van der Waals surface area contributed by atoms with E-state index >= 15 is 0 Å². The second-order valence-corrected chi connectivity index (χ2v) is 8.02. The van der Waals surface area contributed by atoms with Gasteiger partial charge in [-0.2, -0.15) is 5.10 Å². The summed E-state index contributed by atoms with van der Waals surface area (Å²) < 4.78 is 12.7. The fourth-order valence-electron chi connectivity index (χ4n) is 3.26. The van der Waals surface area contributed by atoms with E-state index in [9.17, 15) is 0 Å². The average molecular weight is 464 g/mol. The van der Waals surface area contributed by atoms with Gasteiger partial charge in [-0.15, -0.1) is 0 Å². The van der Waals surface area contributed by atoms with Crippen LogP contribution in [0.15, 0.2) is 42.5 Å². The zero-order valence-corrected chi connectivity index (χ0v) is 19.4. The number of hydrogen-bond acceptors (Lipinski definition) is 5. The maximum Gasteiger partial charge on any atom is 0.161 e. The molecule has 166 valence electrons. The van der Waals surface area contributed by atoms with Crippen LogP contribution >= 0.6 is 23.2 Å². The number of ether oxygens (including phenoxy) is 2. The first kappa shape index (κ1) is 23.4. The molecule has 3 rings (SSSR count). The van der Waals surface area contributed by atoms with Crippen molar-refractivity contribution in [3.05, 3.63) is 75.0 Å². The van der Waals surface area contributed by atoms with E-state index in [4.69, 9.17) is 37.8 Å². The number of aryl methyl sites for hydroxylation is 1. The molecule has 1 atom stereocenters. The third-order valence-electron chi connectivity index (χ3n) is 5.05. The fourth-order valence-corrected chi connectivity index (χ4v) is 3.69. The van der Waals surface area contributed by atoms with Gasteiger partial charge < -0.3 is 19.9 Å². The largest absolute Gasteiger partial charge is 0.493 e. The monoisotopic (exact) mass is 463 g/mol.